The van der Waals surface area contributed by atoms with E-state index < -0.39 is 17.4 Å². The molecule has 2 heterocycles. The van der Waals surface area contributed by atoms with Gasteiger partial charge in [-0.3, -0.25) is 9.69 Å². The molecule has 1 amide bonds. The van der Waals surface area contributed by atoms with Crippen molar-refractivity contribution in [1.82, 2.24) is 15.2 Å². The number of nitrogens with zero attached hydrogens (tertiary/aromatic N) is 2. The van der Waals surface area contributed by atoms with Gasteiger partial charge in [-0.25, -0.2) is 4.98 Å². The van der Waals surface area contributed by atoms with E-state index in [9.17, 15) is 18.0 Å². The van der Waals surface area contributed by atoms with E-state index in [1.807, 2.05) is 19.1 Å². The molecule has 0 radical (unpaired) electrons. The summed E-state index contributed by atoms with van der Waals surface area (Å²) in [5, 5.41) is 3.70. The number of hydrogen-bond donors (Lipinski definition) is 1. The van der Waals surface area contributed by atoms with Crippen molar-refractivity contribution in [2.75, 3.05) is 27.3 Å². The Bertz CT molecular complexity index is 1320. The maximum Gasteiger partial charge on any atom is 0.433 e. The monoisotopic (exact) mass is 499 g/mol. The minimum Gasteiger partial charge on any atom is -0.497 e. The molecule has 190 valence electrons. The highest BCUT2D eigenvalue weighted by Gasteiger charge is 2.47. The first kappa shape index (κ1) is 24.4. The SMILES string of the molecule is COc1cc(C2(NC(=O)c3cc(OCC4CCN4C)ccc3C)CC2)c2ccc(C(F)(F)F)nc2c1. The predicted molar refractivity (Wildman–Crippen MR) is 129 cm³/mol. The Labute approximate surface area is 207 Å². The van der Waals surface area contributed by atoms with Gasteiger partial charge in [-0.1, -0.05) is 12.1 Å². The number of fused-ring (bicyclic) bond motifs is 1. The number of carbonyl (C=O) groups is 1. The number of rotatable bonds is 7. The lowest BCUT2D eigenvalue weighted by Crippen LogP contribution is -2.48. The number of likely N-dealkylation sites (tertiary alicyclic amines) is 1. The second-order valence-electron chi connectivity index (χ2n) is 9.68. The van der Waals surface area contributed by atoms with Crippen molar-refractivity contribution in [3.8, 4) is 11.5 Å². The van der Waals surface area contributed by atoms with Crippen molar-refractivity contribution in [3.05, 3.63) is 64.8 Å². The summed E-state index contributed by atoms with van der Waals surface area (Å²) in [7, 11) is 3.51. The van der Waals surface area contributed by atoms with Gasteiger partial charge in [0.05, 0.1) is 18.2 Å². The van der Waals surface area contributed by atoms with Gasteiger partial charge >= 0.3 is 6.18 Å². The number of pyridine rings is 1. The van der Waals surface area contributed by atoms with Crippen molar-refractivity contribution in [3.63, 3.8) is 0 Å². The Morgan fingerprint density at radius 3 is 2.56 bits per heavy atom. The van der Waals surface area contributed by atoms with Gasteiger partial charge in [0.15, 0.2) is 0 Å². The zero-order valence-corrected chi connectivity index (χ0v) is 20.4. The van der Waals surface area contributed by atoms with Crippen molar-refractivity contribution in [2.45, 2.75) is 43.9 Å². The normalized spacial score (nSPS) is 19.0. The zero-order chi connectivity index (χ0) is 25.7. The third-order valence-corrected chi connectivity index (χ3v) is 7.26. The van der Waals surface area contributed by atoms with Gasteiger partial charge in [-0.2, -0.15) is 13.2 Å². The average Bonchev–Trinajstić information content (AvgIpc) is 3.62. The summed E-state index contributed by atoms with van der Waals surface area (Å²) in [4.78, 5) is 19.5. The second-order valence-corrected chi connectivity index (χ2v) is 9.68. The van der Waals surface area contributed by atoms with E-state index >= 15 is 0 Å². The van der Waals surface area contributed by atoms with E-state index in [0.29, 0.717) is 53.5 Å². The molecule has 2 aromatic carbocycles. The Morgan fingerprint density at radius 2 is 1.94 bits per heavy atom. The van der Waals surface area contributed by atoms with E-state index in [-0.39, 0.29) is 11.4 Å². The first-order valence-corrected chi connectivity index (χ1v) is 11.9. The summed E-state index contributed by atoms with van der Waals surface area (Å²) < 4.78 is 51.1. The number of halogens is 3. The first-order valence-electron chi connectivity index (χ1n) is 11.9. The van der Waals surface area contributed by atoms with E-state index in [1.165, 1.54) is 19.2 Å². The molecule has 1 atom stereocenters. The van der Waals surface area contributed by atoms with Crippen molar-refractivity contribution < 1.29 is 27.4 Å². The Hall–Kier alpha value is -3.33. The van der Waals surface area contributed by atoms with Gasteiger partial charge < -0.3 is 14.8 Å². The number of ether oxygens (including phenoxy) is 2. The van der Waals surface area contributed by atoms with Crippen LogP contribution in [-0.2, 0) is 11.7 Å². The molecule has 0 bridgehead atoms. The Balaban J connectivity index is 1.42. The molecule has 1 aliphatic heterocycles. The topological polar surface area (TPSA) is 63.7 Å². The average molecular weight is 500 g/mol. The molecule has 5 rings (SSSR count). The number of hydrogen-bond acceptors (Lipinski definition) is 5. The molecule has 2 aliphatic rings. The molecule has 3 aromatic rings. The molecular formula is C27H28F3N3O3. The molecule has 9 heteroatoms. The van der Waals surface area contributed by atoms with E-state index in [4.69, 9.17) is 9.47 Å². The quantitative estimate of drug-likeness (QED) is 0.492. The molecule has 1 saturated carbocycles. The number of alkyl halides is 3. The number of methoxy groups -OCH3 is 1. The smallest absolute Gasteiger partial charge is 0.433 e. The van der Waals surface area contributed by atoms with E-state index in [2.05, 4.69) is 22.2 Å². The summed E-state index contributed by atoms with van der Waals surface area (Å²) in [6.07, 6.45) is -2.15. The Morgan fingerprint density at radius 1 is 1.17 bits per heavy atom. The van der Waals surface area contributed by atoms with Crippen LogP contribution in [0.4, 0.5) is 13.2 Å². The maximum absolute atomic E-state index is 13.4. The standard InChI is InChI=1S/C27H28F3N3O3/c1-16-4-5-18(36-15-17-8-11-33(17)2)12-21(16)25(34)32-26(9-10-26)22-13-19(35-3)14-23-20(22)6-7-24(31-23)27(28,29)30/h4-7,12-14,17H,8-11,15H2,1-3H3,(H,32,34). The lowest BCUT2D eigenvalue weighted by Gasteiger charge is -2.37. The number of carbonyl (C=O) groups excluding carboxylic acids is 1. The van der Waals surface area contributed by atoms with Gasteiger partial charge in [0.1, 0.15) is 23.8 Å². The first-order chi connectivity index (χ1) is 17.1. The molecule has 6 nitrogen and oxygen atoms in total. The van der Waals surface area contributed by atoms with Crippen LogP contribution in [0, 0.1) is 6.92 Å². The molecule has 1 N–H and O–H groups in total. The van der Waals surface area contributed by atoms with Crippen LogP contribution in [0.1, 0.15) is 46.4 Å². The summed E-state index contributed by atoms with van der Waals surface area (Å²) in [6, 6.07) is 11.5. The summed E-state index contributed by atoms with van der Waals surface area (Å²) in [5.74, 6) is 0.760. The second kappa shape index (κ2) is 8.96. The van der Waals surface area contributed by atoms with Gasteiger partial charge in [-0.15, -0.1) is 0 Å². The van der Waals surface area contributed by atoms with Gasteiger partial charge in [0.25, 0.3) is 5.91 Å². The third kappa shape index (κ3) is 4.59. The van der Waals surface area contributed by atoms with Crippen LogP contribution in [0.2, 0.25) is 0 Å². The number of aromatic nitrogens is 1. The highest BCUT2D eigenvalue weighted by Crippen LogP contribution is 2.49. The van der Waals surface area contributed by atoms with Crippen LogP contribution in [0.5, 0.6) is 11.5 Å². The summed E-state index contributed by atoms with van der Waals surface area (Å²) >= 11 is 0. The van der Waals surface area contributed by atoms with Gasteiger partial charge in [-0.05, 0) is 75.2 Å². The molecule has 2 fully saturated rings. The zero-order valence-electron chi connectivity index (χ0n) is 20.4. The fourth-order valence-corrected chi connectivity index (χ4v) is 4.66. The van der Waals surface area contributed by atoms with E-state index in [1.54, 1.807) is 12.1 Å². The highest BCUT2D eigenvalue weighted by atomic mass is 19.4. The summed E-state index contributed by atoms with van der Waals surface area (Å²) in [5.41, 5.74) is 0.512. The van der Waals surface area contributed by atoms with E-state index in [0.717, 1.165) is 24.6 Å². The minimum atomic E-state index is -4.55. The number of benzene rings is 2. The molecule has 1 aromatic heterocycles. The number of nitrogens with one attached hydrogen (secondary N) is 1. The third-order valence-electron chi connectivity index (χ3n) is 7.26. The lowest BCUT2D eigenvalue weighted by molar-refractivity contribution is -0.140. The predicted octanol–water partition coefficient (Wildman–Crippen LogP) is 5.07. The molecule has 0 spiro atoms. The Kier molecular flexibility index (Phi) is 6.06. The largest absolute Gasteiger partial charge is 0.497 e. The fraction of sp³-hybridized carbons (Fsp3) is 0.407. The molecule has 1 unspecified atom stereocenters. The lowest BCUT2D eigenvalue weighted by atomic mass is 9.97. The highest BCUT2D eigenvalue weighted by molar-refractivity contribution is 5.97. The van der Waals surface area contributed by atoms with Crippen LogP contribution >= 0.6 is 0 Å². The number of likely N-dealkylation sites (N-methyl/N-ethyl adjacent to an activating group) is 1. The molecule has 1 aliphatic carbocycles. The minimum absolute atomic E-state index is 0.173. The number of amides is 1. The molecule has 1 saturated heterocycles. The fourth-order valence-electron chi connectivity index (χ4n) is 4.66. The van der Waals surface area contributed by atoms with Crippen LogP contribution in [0.15, 0.2) is 42.5 Å². The number of aryl methyl sites for hydroxylation is 1. The van der Waals surface area contributed by atoms with Gasteiger partial charge in [0.2, 0.25) is 0 Å². The van der Waals surface area contributed by atoms with Crippen LogP contribution in [0.25, 0.3) is 10.9 Å². The molecular weight excluding hydrogens is 471 g/mol. The van der Waals surface area contributed by atoms with Crippen molar-refractivity contribution >= 4 is 16.8 Å². The maximum atomic E-state index is 13.4. The van der Waals surface area contributed by atoms with Crippen molar-refractivity contribution in [2.24, 2.45) is 0 Å². The van der Waals surface area contributed by atoms with Crippen LogP contribution in [-0.4, -0.2) is 49.1 Å². The molecule has 36 heavy (non-hydrogen) atoms. The van der Waals surface area contributed by atoms with Crippen LogP contribution in [0.3, 0.4) is 0 Å². The summed E-state index contributed by atoms with van der Waals surface area (Å²) in [6.45, 7) is 3.48. The van der Waals surface area contributed by atoms with Crippen LogP contribution < -0.4 is 14.8 Å². The van der Waals surface area contributed by atoms with Crippen molar-refractivity contribution in [1.29, 1.82) is 0 Å². The van der Waals surface area contributed by atoms with Gasteiger partial charge in [0, 0.05) is 23.1 Å².